The molecule has 4 atom stereocenters. The Hall–Kier alpha value is -1.38. The number of hydrogen-bond donors (Lipinski definition) is 0. The molecule has 0 saturated carbocycles. The molecule has 0 radical (unpaired) electrons. The van der Waals surface area contributed by atoms with Crippen molar-refractivity contribution in [3.8, 4) is 0 Å². The van der Waals surface area contributed by atoms with Gasteiger partial charge in [0.15, 0.2) is 0 Å². The normalized spacial score (nSPS) is 45.4. The molecule has 1 aromatic rings. The minimum atomic E-state index is 0.00523. The molecule has 2 saturated heterocycles. The first kappa shape index (κ1) is 10.4. The second-order valence-electron chi connectivity index (χ2n) is 6.25. The molecule has 5 rings (SSSR count). The summed E-state index contributed by atoms with van der Waals surface area (Å²) in [7, 11) is 0. The highest BCUT2D eigenvalue weighted by Crippen LogP contribution is 2.66. The van der Waals surface area contributed by atoms with Gasteiger partial charge in [0.2, 0.25) is 0 Å². The third-order valence-electron chi connectivity index (χ3n) is 5.51. The average molecular weight is 251 g/mol. The van der Waals surface area contributed by atoms with Crippen molar-refractivity contribution in [3.05, 3.63) is 59.7 Å². The Kier molecular flexibility index (Phi) is 1.75. The monoisotopic (exact) mass is 251 g/mol. The topological polar surface area (TPSA) is 12.5 Å². The number of nitrogens with zero attached hydrogens (tertiary/aromatic N) is 1. The molecule has 0 N–H and O–H groups in total. The first-order valence-corrected chi connectivity index (χ1v) is 7.25. The van der Waals surface area contributed by atoms with Crippen molar-refractivity contribution in [1.29, 1.82) is 0 Å². The number of benzene rings is 1. The van der Waals surface area contributed by atoms with Gasteiger partial charge in [0, 0.05) is 5.92 Å². The van der Waals surface area contributed by atoms with Gasteiger partial charge in [-0.2, -0.15) is 5.06 Å². The summed E-state index contributed by atoms with van der Waals surface area (Å²) >= 11 is 0. The maximum absolute atomic E-state index is 6.10. The molecule has 4 aliphatic rings. The average Bonchev–Trinajstić information content (AvgIpc) is 3.06. The van der Waals surface area contributed by atoms with Crippen LogP contribution in [0.5, 0.6) is 0 Å². The van der Waals surface area contributed by atoms with E-state index in [1.54, 1.807) is 0 Å². The predicted octanol–water partition coefficient (Wildman–Crippen LogP) is 3.18. The van der Waals surface area contributed by atoms with Gasteiger partial charge in [0.25, 0.3) is 0 Å². The Balaban J connectivity index is 1.77. The molecule has 4 bridgehead atoms. The van der Waals surface area contributed by atoms with Crippen LogP contribution in [0.2, 0.25) is 0 Å². The maximum atomic E-state index is 6.10. The highest BCUT2D eigenvalue weighted by atomic mass is 16.7. The van der Waals surface area contributed by atoms with E-state index >= 15 is 0 Å². The fourth-order valence-corrected chi connectivity index (χ4v) is 4.75. The van der Waals surface area contributed by atoms with Gasteiger partial charge >= 0.3 is 0 Å². The molecule has 1 unspecified atom stereocenters. The molecule has 2 nitrogen and oxygen atoms in total. The lowest BCUT2D eigenvalue weighted by molar-refractivity contribution is -0.201. The predicted molar refractivity (Wildman–Crippen MR) is 73.2 cm³/mol. The van der Waals surface area contributed by atoms with Crippen LogP contribution in [-0.2, 0) is 10.4 Å². The standard InChI is InChI=1S/C17H17NO/c1-2-6-13(7-3-1)17-11-14-8-4-5-9-16(14)10-15(17)12-19-18(16)17/h1-4,6-8,11,15H,5,9-10,12H2/t15-,16-,17+/m0/s1. The summed E-state index contributed by atoms with van der Waals surface area (Å²) < 4.78 is 0. The lowest BCUT2D eigenvalue weighted by Gasteiger charge is -2.39. The van der Waals surface area contributed by atoms with Crippen LogP contribution in [0, 0.1) is 5.92 Å². The Morgan fingerprint density at radius 2 is 2.11 bits per heavy atom. The largest absolute Gasteiger partial charge is 0.297 e. The number of hydroxylamine groups is 2. The molecular formula is C17H17NO. The summed E-state index contributed by atoms with van der Waals surface area (Å²) in [4.78, 5) is 6.10. The zero-order chi connectivity index (χ0) is 12.5. The summed E-state index contributed by atoms with van der Waals surface area (Å²) in [5.74, 6) is 0.616. The van der Waals surface area contributed by atoms with Crippen LogP contribution in [0.1, 0.15) is 24.8 Å². The molecule has 3 aliphatic heterocycles. The second-order valence-corrected chi connectivity index (χ2v) is 6.25. The van der Waals surface area contributed by atoms with Crippen molar-refractivity contribution in [1.82, 2.24) is 5.06 Å². The Morgan fingerprint density at radius 3 is 3.00 bits per heavy atom. The summed E-state index contributed by atoms with van der Waals surface area (Å²) in [5, 5.41) is 2.35. The number of hydrogen-bond acceptors (Lipinski definition) is 2. The molecule has 0 amide bonds. The van der Waals surface area contributed by atoms with Crippen molar-refractivity contribution in [2.24, 2.45) is 5.92 Å². The van der Waals surface area contributed by atoms with Crippen LogP contribution in [0.4, 0.5) is 0 Å². The lowest BCUT2D eigenvalue weighted by atomic mass is 9.70. The molecule has 19 heavy (non-hydrogen) atoms. The Labute approximate surface area is 113 Å². The molecule has 0 aromatic heterocycles. The molecule has 1 spiro atoms. The zero-order valence-electron chi connectivity index (χ0n) is 10.9. The number of allylic oxidation sites excluding steroid dienone is 1. The summed E-state index contributed by atoms with van der Waals surface area (Å²) in [6.45, 7) is 0.879. The molecule has 1 aromatic carbocycles. The van der Waals surface area contributed by atoms with Crippen LogP contribution in [-0.4, -0.2) is 17.2 Å². The fraction of sp³-hybridized carbons (Fsp3) is 0.412. The van der Waals surface area contributed by atoms with Gasteiger partial charge in [-0.15, -0.1) is 0 Å². The first-order chi connectivity index (χ1) is 9.36. The van der Waals surface area contributed by atoms with Gasteiger partial charge < -0.3 is 0 Å². The number of rotatable bonds is 1. The van der Waals surface area contributed by atoms with Gasteiger partial charge in [0.05, 0.1) is 17.7 Å². The quantitative estimate of drug-likeness (QED) is 0.760. The van der Waals surface area contributed by atoms with Crippen molar-refractivity contribution in [2.45, 2.75) is 30.3 Å². The van der Waals surface area contributed by atoms with E-state index in [1.165, 1.54) is 30.4 Å². The smallest absolute Gasteiger partial charge is 0.0959 e. The minimum Gasteiger partial charge on any atom is -0.297 e. The van der Waals surface area contributed by atoms with Gasteiger partial charge in [0.1, 0.15) is 0 Å². The van der Waals surface area contributed by atoms with Gasteiger partial charge in [-0.1, -0.05) is 48.6 Å². The third-order valence-corrected chi connectivity index (χ3v) is 5.51. The van der Waals surface area contributed by atoms with Crippen LogP contribution >= 0.6 is 0 Å². The molecule has 2 fully saturated rings. The van der Waals surface area contributed by atoms with E-state index in [9.17, 15) is 0 Å². The highest BCUT2D eigenvalue weighted by molar-refractivity contribution is 5.52. The highest BCUT2D eigenvalue weighted by Gasteiger charge is 2.70. The van der Waals surface area contributed by atoms with E-state index < -0.39 is 0 Å². The Morgan fingerprint density at radius 1 is 1.21 bits per heavy atom. The molecule has 2 heteroatoms. The summed E-state index contributed by atoms with van der Waals surface area (Å²) in [5.41, 5.74) is 3.06. The maximum Gasteiger partial charge on any atom is 0.0959 e. The fourth-order valence-electron chi connectivity index (χ4n) is 4.75. The van der Waals surface area contributed by atoms with Crippen molar-refractivity contribution in [3.63, 3.8) is 0 Å². The minimum absolute atomic E-state index is 0.00523. The summed E-state index contributed by atoms with van der Waals surface area (Å²) in [6, 6.07) is 10.9. The Bertz CT molecular complexity index is 605. The van der Waals surface area contributed by atoms with E-state index in [0.29, 0.717) is 5.92 Å². The van der Waals surface area contributed by atoms with Gasteiger partial charge in [-0.05, 0) is 30.4 Å². The third kappa shape index (κ3) is 0.999. The van der Waals surface area contributed by atoms with E-state index in [2.05, 4.69) is 53.6 Å². The van der Waals surface area contributed by atoms with Gasteiger partial charge in [-0.25, -0.2) is 0 Å². The van der Waals surface area contributed by atoms with Crippen molar-refractivity contribution in [2.75, 3.05) is 6.61 Å². The van der Waals surface area contributed by atoms with Gasteiger partial charge in [-0.3, -0.25) is 4.84 Å². The van der Waals surface area contributed by atoms with E-state index in [4.69, 9.17) is 4.84 Å². The summed E-state index contributed by atoms with van der Waals surface area (Å²) in [6.07, 6.45) is 10.8. The SMILES string of the molecule is C1=CC2=C[C@@]3(c4ccccc4)[C@@H]4CON3[C@@]2(CC1)C4. The second kappa shape index (κ2) is 3.20. The molecule has 96 valence electrons. The van der Waals surface area contributed by atoms with Crippen LogP contribution in [0.3, 0.4) is 0 Å². The molecule has 1 aliphatic carbocycles. The van der Waals surface area contributed by atoms with Crippen molar-refractivity contribution < 1.29 is 4.84 Å². The van der Waals surface area contributed by atoms with Crippen LogP contribution < -0.4 is 0 Å². The van der Waals surface area contributed by atoms with E-state index in [1.807, 2.05) is 0 Å². The van der Waals surface area contributed by atoms with Crippen LogP contribution in [0.25, 0.3) is 0 Å². The molecular weight excluding hydrogens is 234 g/mol. The van der Waals surface area contributed by atoms with E-state index in [-0.39, 0.29) is 11.1 Å². The van der Waals surface area contributed by atoms with E-state index in [0.717, 1.165) is 6.61 Å². The van der Waals surface area contributed by atoms with Crippen molar-refractivity contribution >= 4 is 0 Å². The first-order valence-electron chi connectivity index (χ1n) is 7.25. The van der Waals surface area contributed by atoms with Crippen LogP contribution in [0.15, 0.2) is 54.1 Å². The lowest BCUT2D eigenvalue weighted by Crippen LogP contribution is -2.46. The zero-order valence-corrected chi connectivity index (χ0v) is 10.9. The molecule has 3 heterocycles.